The third-order valence-corrected chi connectivity index (χ3v) is 8.63. The molecule has 1 saturated heterocycles. The lowest BCUT2D eigenvalue weighted by Crippen LogP contribution is -2.48. The maximum absolute atomic E-state index is 13.2. The van der Waals surface area contributed by atoms with E-state index >= 15 is 0 Å². The maximum Gasteiger partial charge on any atom is 0.410 e. The zero-order valence-corrected chi connectivity index (χ0v) is 26.9. The summed E-state index contributed by atoms with van der Waals surface area (Å²) in [5.74, 6) is -0.763. The van der Waals surface area contributed by atoms with Crippen molar-refractivity contribution in [2.24, 2.45) is 11.8 Å². The summed E-state index contributed by atoms with van der Waals surface area (Å²) < 4.78 is 45.9. The normalized spacial score (nSPS) is 16.7. The van der Waals surface area contributed by atoms with Crippen molar-refractivity contribution in [3.8, 4) is 0 Å². The van der Waals surface area contributed by atoms with Crippen molar-refractivity contribution in [1.29, 1.82) is 0 Å². The molecule has 0 aliphatic carbocycles. The number of nitrogens with zero attached hydrogens (tertiary/aromatic N) is 1. The first-order valence-corrected chi connectivity index (χ1v) is 16.4. The van der Waals surface area contributed by atoms with Gasteiger partial charge in [-0.25, -0.2) is 22.3 Å². The Hall–Kier alpha value is -2.44. The fourth-order valence-corrected chi connectivity index (χ4v) is 6.26. The number of benzene rings is 1. The summed E-state index contributed by atoms with van der Waals surface area (Å²) in [5, 5.41) is 5.49. The Balaban J connectivity index is 1.75. The molecule has 2 atom stereocenters. The molecular weight excluding hydrogens is 587 g/mol. The molecule has 10 nitrogen and oxygen atoms in total. The summed E-state index contributed by atoms with van der Waals surface area (Å²) in [6.45, 7) is 11.1. The molecule has 1 aliphatic heterocycles. The van der Waals surface area contributed by atoms with E-state index in [0.29, 0.717) is 45.3 Å². The van der Waals surface area contributed by atoms with Crippen LogP contribution < -0.4 is 15.4 Å². The SMILES string of the molecule is CC(C)C[C@H](NC(=O)CCC1CCCN(C(=O)OC(C)(C)C)C1)C(=O)NCCCCNS(=O)(=O)c1ccc(F)cc1Cl. The van der Waals surface area contributed by atoms with E-state index in [9.17, 15) is 27.2 Å². The molecule has 1 aliphatic rings. The number of likely N-dealkylation sites (tertiary alicyclic amines) is 1. The molecule has 1 unspecified atom stereocenters. The number of rotatable bonds is 14. The number of amides is 3. The lowest BCUT2D eigenvalue weighted by atomic mass is 9.93. The Kier molecular flexibility index (Phi) is 14.0. The van der Waals surface area contributed by atoms with Crippen molar-refractivity contribution >= 4 is 39.5 Å². The van der Waals surface area contributed by atoms with Crippen LogP contribution in [0.25, 0.3) is 0 Å². The third kappa shape index (κ3) is 12.8. The van der Waals surface area contributed by atoms with Crippen LogP contribution in [-0.2, 0) is 24.3 Å². The van der Waals surface area contributed by atoms with E-state index < -0.39 is 27.5 Å². The van der Waals surface area contributed by atoms with Gasteiger partial charge in [-0.2, -0.15) is 0 Å². The second kappa shape index (κ2) is 16.4. The lowest BCUT2D eigenvalue weighted by molar-refractivity contribution is -0.129. The highest BCUT2D eigenvalue weighted by Gasteiger charge is 2.28. The monoisotopic (exact) mass is 632 g/mol. The fraction of sp³-hybridized carbons (Fsp3) is 0.690. The fourth-order valence-electron chi connectivity index (χ4n) is 4.66. The second-order valence-corrected chi connectivity index (χ2v) is 14.3. The van der Waals surface area contributed by atoms with Crippen molar-refractivity contribution in [3.05, 3.63) is 29.0 Å². The molecule has 0 bridgehead atoms. The number of ether oxygens (including phenoxy) is 1. The Morgan fingerprint density at radius 1 is 1.17 bits per heavy atom. The largest absolute Gasteiger partial charge is 0.444 e. The molecule has 1 aromatic rings. The summed E-state index contributed by atoms with van der Waals surface area (Å²) in [5.41, 5.74) is -0.562. The van der Waals surface area contributed by atoms with Gasteiger partial charge in [0.1, 0.15) is 22.4 Å². The number of halogens is 2. The quantitative estimate of drug-likeness (QED) is 0.257. The lowest BCUT2D eigenvalue weighted by Gasteiger charge is -2.34. The molecule has 0 aromatic heterocycles. The molecule has 0 spiro atoms. The summed E-state index contributed by atoms with van der Waals surface area (Å²) in [6.07, 6.45) is 3.74. The van der Waals surface area contributed by atoms with Crippen molar-refractivity contribution in [2.75, 3.05) is 26.2 Å². The van der Waals surface area contributed by atoms with Gasteiger partial charge in [-0.05, 0) is 89.3 Å². The van der Waals surface area contributed by atoms with E-state index in [4.69, 9.17) is 16.3 Å². The highest BCUT2D eigenvalue weighted by Crippen LogP contribution is 2.23. The second-order valence-electron chi connectivity index (χ2n) is 12.2. The molecular formula is C29H46ClFN4O6S. The van der Waals surface area contributed by atoms with E-state index in [-0.39, 0.29) is 52.6 Å². The summed E-state index contributed by atoms with van der Waals surface area (Å²) in [4.78, 5) is 39.5. The molecule has 2 rings (SSSR count). The zero-order valence-electron chi connectivity index (χ0n) is 25.3. The molecule has 13 heteroatoms. The Bertz CT molecular complexity index is 1180. The van der Waals surface area contributed by atoms with E-state index in [1.165, 1.54) is 0 Å². The van der Waals surface area contributed by atoms with E-state index in [1.54, 1.807) is 4.90 Å². The van der Waals surface area contributed by atoms with E-state index in [1.807, 2.05) is 34.6 Å². The van der Waals surface area contributed by atoms with Crippen molar-refractivity contribution < 1.29 is 31.9 Å². The van der Waals surface area contributed by atoms with Gasteiger partial charge >= 0.3 is 6.09 Å². The van der Waals surface area contributed by atoms with Gasteiger partial charge in [-0.1, -0.05) is 25.4 Å². The molecule has 0 saturated carbocycles. The number of carbonyl (C=O) groups is 3. The topological polar surface area (TPSA) is 134 Å². The highest BCUT2D eigenvalue weighted by atomic mass is 35.5. The molecule has 1 heterocycles. The number of hydrogen-bond donors (Lipinski definition) is 3. The molecule has 238 valence electrons. The van der Waals surface area contributed by atoms with Crippen LogP contribution in [0.15, 0.2) is 23.1 Å². The number of piperidine rings is 1. The van der Waals surface area contributed by atoms with Gasteiger partial charge in [0, 0.05) is 32.6 Å². The summed E-state index contributed by atoms with van der Waals surface area (Å²) in [7, 11) is -3.89. The van der Waals surface area contributed by atoms with Crippen LogP contribution in [-0.4, -0.2) is 69.0 Å². The van der Waals surface area contributed by atoms with E-state index in [0.717, 1.165) is 31.0 Å². The minimum atomic E-state index is -3.89. The predicted molar refractivity (Wildman–Crippen MR) is 160 cm³/mol. The van der Waals surface area contributed by atoms with Gasteiger partial charge in [0.15, 0.2) is 0 Å². The average Bonchev–Trinajstić information content (AvgIpc) is 2.87. The van der Waals surface area contributed by atoms with Crippen LogP contribution >= 0.6 is 11.6 Å². The molecule has 3 N–H and O–H groups in total. The molecule has 1 aromatic carbocycles. The van der Waals surface area contributed by atoms with E-state index in [2.05, 4.69) is 15.4 Å². The number of nitrogens with one attached hydrogen (secondary N) is 3. The third-order valence-electron chi connectivity index (χ3n) is 6.69. The van der Waals surface area contributed by atoms with Crippen LogP contribution in [0.1, 0.15) is 79.6 Å². The number of carbonyl (C=O) groups excluding carboxylic acids is 3. The van der Waals surface area contributed by atoms with Gasteiger partial charge in [-0.15, -0.1) is 0 Å². The summed E-state index contributed by atoms with van der Waals surface area (Å²) >= 11 is 5.85. The zero-order chi connectivity index (χ0) is 31.5. The van der Waals surface area contributed by atoms with Gasteiger partial charge in [0.2, 0.25) is 21.8 Å². The Morgan fingerprint density at radius 3 is 2.50 bits per heavy atom. The Labute approximate surface area is 254 Å². The van der Waals surface area contributed by atoms with Crippen molar-refractivity contribution in [1.82, 2.24) is 20.3 Å². The Morgan fingerprint density at radius 2 is 1.86 bits per heavy atom. The number of unbranched alkanes of at least 4 members (excludes halogenated alkanes) is 1. The first-order valence-electron chi connectivity index (χ1n) is 14.6. The highest BCUT2D eigenvalue weighted by molar-refractivity contribution is 7.89. The van der Waals surface area contributed by atoms with Crippen LogP contribution in [0.4, 0.5) is 9.18 Å². The average molecular weight is 633 g/mol. The van der Waals surface area contributed by atoms with Gasteiger partial charge in [0.25, 0.3) is 0 Å². The molecule has 1 fully saturated rings. The van der Waals surface area contributed by atoms with Crippen LogP contribution in [0.2, 0.25) is 5.02 Å². The summed E-state index contributed by atoms with van der Waals surface area (Å²) in [6, 6.07) is 2.39. The first kappa shape index (κ1) is 35.8. The predicted octanol–water partition coefficient (Wildman–Crippen LogP) is 4.61. The van der Waals surface area contributed by atoms with Gasteiger partial charge in [-0.3, -0.25) is 9.59 Å². The molecule has 42 heavy (non-hydrogen) atoms. The van der Waals surface area contributed by atoms with Crippen LogP contribution in [0.5, 0.6) is 0 Å². The maximum atomic E-state index is 13.2. The van der Waals surface area contributed by atoms with Gasteiger partial charge in [0.05, 0.1) is 5.02 Å². The number of hydrogen-bond acceptors (Lipinski definition) is 6. The van der Waals surface area contributed by atoms with Gasteiger partial charge < -0.3 is 20.3 Å². The minimum absolute atomic E-state index is 0.116. The standard InChI is InChI=1S/C29H46ClFN4O6S/c1-20(2)17-24(34-26(36)13-10-21-9-8-16-35(19-21)28(38)41-29(3,4)5)27(37)32-14-6-7-15-33-42(39,40)25-12-11-22(31)18-23(25)30/h11-12,18,20-21,24,33H,6-10,13-17,19H2,1-5H3,(H,32,37)(H,34,36)/t21?,24-/m0/s1. The van der Waals surface area contributed by atoms with Crippen molar-refractivity contribution in [2.45, 2.75) is 96.1 Å². The number of sulfonamides is 1. The van der Waals surface area contributed by atoms with Crippen molar-refractivity contribution in [3.63, 3.8) is 0 Å². The van der Waals surface area contributed by atoms with Crippen LogP contribution in [0.3, 0.4) is 0 Å². The smallest absolute Gasteiger partial charge is 0.410 e. The van der Waals surface area contributed by atoms with Crippen LogP contribution in [0, 0.1) is 17.7 Å². The first-order chi connectivity index (χ1) is 19.6. The molecule has 0 radical (unpaired) electrons. The molecule has 3 amide bonds. The minimum Gasteiger partial charge on any atom is -0.444 e.